The molecule has 8 nitrogen and oxygen atoms in total. The highest BCUT2D eigenvalue weighted by Crippen LogP contribution is 2.20. The number of thiophene rings is 1. The van der Waals surface area contributed by atoms with Crippen molar-refractivity contribution in [1.82, 2.24) is 30.2 Å². The van der Waals surface area contributed by atoms with E-state index in [1.165, 1.54) is 0 Å². The topological polar surface area (TPSA) is 98.6 Å². The highest BCUT2D eigenvalue weighted by molar-refractivity contribution is 7.13. The van der Waals surface area contributed by atoms with E-state index in [-0.39, 0.29) is 12.3 Å². The predicted octanol–water partition coefficient (Wildman–Crippen LogP) is 3.09. The summed E-state index contributed by atoms with van der Waals surface area (Å²) < 4.78 is 6.92. The fourth-order valence-electron chi connectivity index (χ4n) is 2.53. The zero-order chi connectivity index (χ0) is 18.8. The number of benzene rings is 1. The minimum atomic E-state index is -0.556. The number of hydrogen-bond donors (Lipinski definition) is 1. The number of ether oxygens (including phenoxy) is 1. The largest absolute Gasteiger partial charge is 0.453 e. The molecule has 0 aliphatic heterocycles. The molecule has 1 N–H and O–H groups in total. The van der Waals surface area contributed by atoms with Crippen LogP contribution in [0.5, 0.6) is 0 Å². The zero-order valence-electron chi connectivity index (χ0n) is 14.7. The summed E-state index contributed by atoms with van der Waals surface area (Å²) in [5, 5.41) is 16.9. The van der Waals surface area contributed by atoms with Gasteiger partial charge >= 0.3 is 5.97 Å². The molecule has 0 spiro atoms. The number of carbonyl (C=O) groups excluding carboxylic acids is 1. The normalized spacial score (nSPS) is 10.9. The second-order valence-corrected chi connectivity index (χ2v) is 6.88. The third kappa shape index (κ3) is 3.49. The molecule has 136 valence electrons. The average molecular weight is 380 g/mol. The van der Waals surface area contributed by atoms with Crippen LogP contribution in [-0.2, 0) is 11.3 Å². The summed E-state index contributed by atoms with van der Waals surface area (Å²) in [7, 11) is 0. The first kappa shape index (κ1) is 17.1. The van der Waals surface area contributed by atoms with E-state index >= 15 is 0 Å². The van der Waals surface area contributed by atoms with Crippen LogP contribution in [0.3, 0.4) is 0 Å². The van der Waals surface area contributed by atoms with Gasteiger partial charge in [0.25, 0.3) is 0 Å². The van der Waals surface area contributed by atoms with Crippen molar-refractivity contribution in [2.75, 3.05) is 0 Å². The molecular weight excluding hydrogens is 364 g/mol. The smallest absolute Gasteiger partial charge is 0.361 e. The van der Waals surface area contributed by atoms with E-state index in [1.807, 2.05) is 48.7 Å². The molecule has 0 bridgehead atoms. The quantitative estimate of drug-likeness (QED) is 0.534. The molecule has 1 aromatic carbocycles. The molecule has 0 aliphatic carbocycles. The number of carbonyl (C=O) groups is 1. The van der Waals surface area contributed by atoms with Gasteiger partial charge in [-0.05, 0) is 37.4 Å². The van der Waals surface area contributed by atoms with E-state index in [4.69, 9.17) is 4.74 Å². The number of nitrogens with one attached hydrogen (secondary N) is 1. The lowest BCUT2D eigenvalue weighted by Crippen LogP contribution is -2.09. The van der Waals surface area contributed by atoms with E-state index < -0.39 is 5.97 Å². The SMILES string of the molecule is Cc1ccc(-n2nnc(C(=O)OCc3nc(-c4cccs4)n[nH]3)c2C)cc1. The van der Waals surface area contributed by atoms with Crippen LogP contribution in [-0.4, -0.2) is 36.1 Å². The number of aromatic amines is 1. The Morgan fingerprint density at radius 2 is 2.04 bits per heavy atom. The maximum absolute atomic E-state index is 12.4. The van der Waals surface area contributed by atoms with Crippen molar-refractivity contribution in [2.24, 2.45) is 0 Å². The molecule has 0 aliphatic rings. The van der Waals surface area contributed by atoms with Crippen molar-refractivity contribution in [3.05, 3.63) is 64.6 Å². The molecule has 0 atom stereocenters. The Hall–Kier alpha value is -3.33. The molecule has 4 rings (SSSR count). The van der Waals surface area contributed by atoms with Crippen LogP contribution in [0.25, 0.3) is 16.4 Å². The summed E-state index contributed by atoms with van der Waals surface area (Å²) >= 11 is 1.54. The van der Waals surface area contributed by atoms with Crippen molar-refractivity contribution in [3.63, 3.8) is 0 Å². The molecule has 4 aromatic rings. The predicted molar refractivity (Wildman–Crippen MR) is 99.6 cm³/mol. The second kappa shape index (κ2) is 7.12. The number of nitrogens with zero attached hydrogens (tertiary/aromatic N) is 5. The van der Waals surface area contributed by atoms with Crippen LogP contribution in [0, 0.1) is 13.8 Å². The number of hydrogen-bond acceptors (Lipinski definition) is 7. The fourth-order valence-corrected chi connectivity index (χ4v) is 3.18. The van der Waals surface area contributed by atoms with E-state index in [9.17, 15) is 4.79 Å². The lowest BCUT2D eigenvalue weighted by atomic mass is 10.2. The van der Waals surface area contributed by atoms with Crippen LogP contribution in [0.1, 0.15) is 27.6 Å². The van der Waals surface area contributed by atoms with Crippen molar-refractivity contribution in [2.45, 2.75) is 20.5 Å². The van der Waals surface area contributed by atoms with Gasteiger partial charge in [-0.15, -0.1) is 16.4 Å². The highest BCUT2D eigenvalue weighted by atomic mass is 32.1. The van der Waals surface area contributed by atoms with Gasteiger partial charge in [-0.3, -0.25) is 5.10 Å². The molecule has 3 heterocycles. The summed E-state index contributed by atoms with van der Waals surface area (Å²) in [5.41, 5.74) is 2.76. The number of rotatable bonds is 5. The van der Waals surface area contributed by atoms with Crippen LogP contribution < -0.4 is 0 Å². The Morgan fingerprint density at radius 1 is 1.22 bits per heavy atom. The standard InChI is InChI=1S/C18H16N6O2S/c1-11-5-7-13(8-6-11)24-12(2)16(21-23-24)18(25)26-10-15-19-17(22-20-15)14-4-3-9-27-14/h3-9H,10H2,1-2H3,(H,19,20,22). The van der Waals surface area contributed by atoms with Crippen LogP contribution in [0.15, 0.2) is 41.8 Å². The molecule has 9 heteroatoms. The Balaban J connectivity index is 1.45. The summed E-state index contributed by atoms with van der Waals surface area (Å²) in [6.45, 7) is 3.77. The molecule has 0 fully saturated rings. The number of aromatic nitrogens is 6. The first-order chi connectivity index (χ1) is 13.1. The number of H-pyrrole nitrogens is 1. The van der Waals surface area contributed by atoms with Crippen LogP contribution >= 0.6 is 11.3 Å². The summed E-state index contributed by atoms with van der Waals surface area (Å²) in [6, 6.07) is 11.7. The van der Waals surface area contributed by atoms with E-state index in [1.54, 1.807) is 22.9 Å². The van der Waals surface area contributed by atoms with Gasteiger partial charge in [0.15, 0.2) is 23.9 Å². The van der Waals surface area contributed by atoms with Gasteiger partial charge in [0, 0.05) is 0 Å². The second-order valence-electron chi connectivity index (χ2n) is 5.93. The summed E-state index contributed by atoms with van der Waals surface area (Å²) in [6.07, 6.45) is 0. The molecule has 0 saturated carbocycles. The number of esters is 1. The first-order valence-corrected chi connectivity index (χ1v) is 9.11. The van der Waals surface area contributed by atoms with Gasteiger partial charge < -0.3 is 4.74 Å². The van der Waals surface area contributed by atoms with E-state index in [0.717, 1.165) is 16.1 Å². The van der Waals surface area contributed by atoms with Crippen LogP contribution in [0.2, 0.25) is 0 Å². The fraction of sp³-hybridized carbons (Fsp3) is 0.167. The minimum absolute atomic E-state index is 0.0198. The Morgan fingerprint density at radius 3 is 2.78 bits per heavy atom. The van der Waals surface area contributed by atoms with Gasteiger partial charge in [-0.2, -0.15) is 5.10 Å². The molecule has 3 aromatic heterocycles. The molecule has 27 heavy (non-hydrogen) atoms. The Labute approximate surface area is 158 Å². The lowest BCUT2D eigenvalue weighted by molar-refractivity contribution is 0.0454. The van der Waals surface area contributed by atoms with Gasteiger partial charge in [0.05, 0.1) is 16.3 Å². The van der Waals surface area contributed by atoms with Crippen molar-refractivity contribution >= 4 is 17.3 Å². The average Bonchev–Trinajstić information content (AvgIpc) is 3.41. The third-order valence-electron chi connectivity index (χ3n) is 3.98. The van der Waals surface area contributed by atoms with Crippen molar-refractivity contribution in [3.8, 4) is 16.4 Å². The molecule has 0 amide bonds. The first-order valence-electron chi connectivity index (χ1n) is 8.23. The molecule has 0 radical (unpaired) electrons. The maximum atomic E-state index is 12.4. The summed E-state index contributed by atoms with van der Waals surface area (Å²) in [5.74, 6) is 0.493. The van der Waals surface area contributed by atoms with Gasteiger partial charge in [0.2, 0.25) is 0 Å². The van der Waals surface area contributed by atoms with E-state index in [2.05, 4.69) is 25.5 Å². The van der Waals surface area contributed by atoms with Gasteiger partial charge in [0.1, 0.15) is 0 Å². The summed E-state index contributed by atoms with van der Waals surface area (Å²) in [4.78, 5) is 17.6. The Bertz CT molecular complexity index is 1070. The monoisotopic (exact) mass is 380 g/mol. The van der Waals surface area contributed by atoms with Crippen molar-refractivity contribution < 1.29 is 9.53 Å². The Kier molecular flexibility index (Phi) is 4.51. The highest BCUT2D eigenvalue weighted by Gasteiger charge is 2.19. The third-order valence-corrected chi connectivity index (χ3v) is 4.85. The van der Waals surface area contributed by atoms with Gasteiger partial charge in [-0.1, -0.05) is 29.0 Å². The molecule has 0 saturated heterocycles. The van der Waals surface area contributed by atoms with Crippen molar-refractivity contribution in [1.29, 1.82) is 0 Å². The zero-order valence-corrected chi connectivity index (χ0v) is 15.5. The lowest BCUT2D eigenvalue weighted by Gasteiger charge is -2.04. The van der Waals surface area contributed by atoms with Crippen LogP contribution in [0.4, 0.5) is 0 Å². The minimum Gasteiger partial charge on any atom is -0.453 e. The number of aryl methyl sites for hydroxylation is 1. The maximum Gasteiger partial charge on any atom is 0.361 e. The van der Waals surface area contributed by atoms with Gasteiger partial charge in [-0.25, -0.2) is 14.5 Å². The molecule has 0 unspecified atom stereocenters. The van der Waals surface area contributed by atoms with E-state index in [0.29, 0.717) is 17.3 Å². The molecular formula is C18H16N6O2S.